The van der Waals surface area contributed by atoms with E-state index in [4.69, 9.17) is 17.3 Å². The van der Waals surface area contributed by atoms with E-state index in [1.807, 2.05) is 53.3 Å². The van der Waals surface area contributed by atoms with Crippen molar-refractivity contribution in [1.82, 2.24) is 24.2 Å². The van der Waals surface area contributed by atoms with Crippen LogP contribution in [-0.4, -0.2) is 43.1 Å². The fraction of sp³-hybridized carbons (Fsp3) is 0.391. The van der Waals surface area contributed by atoms with Crippen molar-refractivity contribution < 1.29 is 4.79 Å². The number of carbonyl (C=O) groups is 1. The van der Waals surface area contributed by atoms with Gasteiger partial charge in [-0.3, -0.25) is 19.2 Å². The molecule has 0 N–H and O–H groups in total. The molecule has 3 heterocycles. The van der Waals surface area contributed by atoms with Crippen LogP contribution >= 0.6 is 12.2 Å². The number of Topliss-reactive ketones (excluding diaryl/α,β-unsaturated/α-hetero) is 1. The van der Waals surface area contributed by atoms with Crippen molar-refractivity contribution in [1.29, 1.82) is 0 Å². The van der Waals surface area contributed by atoms with Crippen LogP contribution in [0.15, 0.2) is 54.9 Å². The van der Waals surface area contributed by atoms with Gasteiger partial charge in [0.15, 0.2) is 16.4 Å². The third-order valence-electron chi connectivity index (χ3n) is 6.05. The largest absolute Gasteiger partial charge is 0.297 e. The van der Waals surface area contributed by atoms with E-state index in [1.165, 1.54) is 0 Å². The van der Waals surface area contributed by atoms with Crippen molar-refractivity contribution in [2.75, 3.05) is 13.1 Å². The lowest BCUT2D eigenvalue weighted by Crippen LogP contribution is -2.37. The summed E-state index contributed by atoms with van der Waals surface area (Å²) >= 11 is 5.79. The Hall–Kier alpha value is -2.64. The van der Waals surface area contributed by atoms with E-state index in [0.29, 0.717) is 12.7 Å². The maximum absolute atomic E-state index is 12.7. The first-order chi connectivity index (χ1) is 14.7. The van der Waals surface area contributed by atoms with E-state index < -0.39 is 0 Å². The number of benzene rings is 1. The van der Waals surface area contributed by atoms with Gasteiger partial charge in [0.05, 0.1) is 6.67 Å². The Balaban J connectivity index is 1.29. The van der Waals surface area contributed by atoms with Gasteiger partial charge >= 0.3 is 0 Å². The normalized spacial score (nSPS) is 17.9. The summed E-state index contributed by atoms with van der Waals surface area (Å²) in [5.41, 5.74) is 1.82. The number of rotatable bonds is 6. The Bertz CT molecular complexity index is 1080. The second-order valence-electron chi connectivity index (χ2n) is 8.21. The van der Waals surface area contributed by atoms with Gasteiger partial charge in [-0.25, -0.2) is 4.68 Å². The molecule has 1 aliphatic carbocycles. The average molecular weight is 420 g/mol. The van der Waals surface area contributed by atoms with E-state index >= 15 is 0 Å². The van der Waals surface area contributed by atoms with E-state index in [-0.39, 0.29) is 11.7 Å². The molecule has 1 saturated heterocycles. The van der Waals surface area contributed by atoms with Crippen LogP contribution in [0.5, 0.6) is 0 Å². The molecular weight excluding hydrogens is 394 g/mol. The molecule has 30 heavy (non-hydrogen) atoms. The molecule has 154 valence electrons. The smallest absolute Gasteiger partial charge is 0.199 e. The van der Waals surface area contributed by atoms with Crippen molar-refractivity contribution in [2.45, 2.75) is 38.4 Å². The Morgan fingerprint density at radius 3 is 2.47 bits per heavy atom. The lowest BCUT2D eigenvalue weighted by atomic mass is 9.89. The number of likely N-dealkylation sites (tertiary alicyclic amines) is 1. The van der Waals surface area contributed by atoms with Crippen LogP contribution in [0.2, 0.25) is 0 Å². The summed E-state index contributed by atoms with van der Waals surface area (Å²) < 4.78 is 4.91. The molecule has 1 aliphatic heterocycles. The van der Waals surface area contributed by atoms with E-state index in [1.54, 1.807) is 6.20 Å². The number of aromatic nitrogens is 4. The number of piperidine rings is 1. The molecule has 2 aliphatic rings. The number of nitrogens with zero attached hydrogens (tertiary/aromatic N) is 5. The van der Waals surface area contributed by atoms with Gasteiger partial charge in [0.1, 0.15) is 0 Å². The zero-order chi connectivity index (χ0) is 20.5. The molecular formula is C23H25N5OS. The van der Waals surface area contributed by atoms with Crippen molar-refractivity contribution in [3.05, 3.63) is 65.2 Å². The first kappa shape index (κ1) is 19.3. The summed E-state index contributed by atoms with van der Waals surface area (Å²) in [5, 5.41) is 4.86. The third-order valence-corrected chi connectivity index (χ3v) is 6.46. The molecule has 1 saturated carbocycles. The molecule has 5 rings (SSSR count). The Morgan fingerprint density at radius 1 is 1.03 bits per heavy atom. The molecule has 7 heteroatoms. The number of pyridine rings is 1. The summed E-state index contributed by atoms with van der Waals surface area (Å²) in [5.74, 6) is 1.28. The van der Waals surface area contributed by atoms with Crippen LogP contribution in [0.4, 0.5) is 0 Å². The van der Waals surface area contributed by atoms with Gasteiger partial charge in [-0.2, -0.15) is 5.10 Å². The molecule has 0 atom stereocenters. The highest BCUT2D eigenvalue weighted by atomic mass is 32.1. The number of carbonyl (C=O) groups excluding carboxylic acids is 1. The minimum Gasteiger partial charge on any atom is -0.297 e. The quantitative estimate of drug-likeness (QED) is 0.439. The van der Waals surface area contributed by atoms with Crippen LogP contribution in [0.3, 0.4) is 0 Å². The van der Waals surface area contributed by atoms with Crippen LogP contribution in [0.1, 0.15) is 42.1 Å². The van der Waals surface area contributed by atoms with Gasteiger partial charge in [-0.05, 0) is 50.0 Å². The summed E-state index contributed by atoms with van der Waals surface area (Å²) in [7, 11) is 0. The molecule has 0 radical (unpaired) electrons. The van der Waals surface area contributed by atoms with Crippen LogP contribution in [0, 0.1) is 10.7 Å². The highest BCUT2D eigenvalue weighted by Crippen LogP contribution is 2.38. The van der Waals surface area contributed by atoms with Gasteiger partial charge in [0, 0.05) is 48.6 Å². The van der Waals surface area contributed by atoms with E-state index in [0.717, 1.165) is 60.5 Å². The average Bonchev–Trinajstić information content (AvgIpc) is 3.59. The lowest BCUT2D eigenvalue weighted by molar-refractivity contribution is 0.0803. The van der Waals surface area contributed by atoms with Crippen LogP contribution in [-0.2, 0) is 6.67 Å². The minimum absolute atomic E-state index is 0.103. The van der Waals surface area contributed by atoms with Crippen LogP contribution in [0.25, 0.3) is 11.4 Å². The summed E-state index contributed by atoms with van der Waals surface area (Å²) in [6, 6.07) is 14.1. The van der Waals surface area contributed by atoms with Gasteiger partial charge in [-0.1, -0.05) is 30.3 Å². The van der Waals surface area contributed by atoms with Crippen molar-refractivity contribution in [3.8, 4) is 11.4 Å². The Labute approximate surface area is 181 Å². The summed E-state index contributed by atoms with van der Waals surface area (Å²) in [6.45, 7) is 2.42. The predicted molar refractivity (Wildman–Crippen MR) is 118 cm³/mol. The SMILES string of the molecule is O=C(c1ccccc1)C1CCN(Cn2nc(-c3cccnc3)n(C3CC3)c2=S)CC1. The number of hydrogen-bond acceptors (Lipinski definition) is 5. The van der Waals surface area contributed by atoms with Crippen molar-refractivity contribution >= 4 is 18.0 Å². The van der Waals surface area contributed by atoms with Gasteiger partial charge in [-0.15, -0.1) is 0 Å². The molecule has 6 nitrogen and oxygen atoms in total. The number of hydrogen-bond donors (Lipinski definition) is 0. The molecule has 1 aromatic carbocycles. The highest BCUT2D eigenvalue weighted by molar-refractivity contribution is 7.71. The van der Waals surface area contributed by atoms with E-state index in [9.17, 15) is 4.79 Å². The van der Waals surface area contributed by atoms with Gasteiger partial charge in [0.2, 0.25) is 0 Å². The Kier molecular flexibility index (Phi) is 5.31. The van der Waals surface area contributed by atoms with Gasteiger partial charge in [0.25, 0.3) is 0 Å². The minimum atomic E-state index is 0.103. The second-order valence-corrected chi connectivity index (χ2v) is 8.58. The van der Waals surface area contributed by atoms with Crippen LogP contribution < -0.4 is 0 Å². The fourth-order valence-corrected chi connectivity index (χ4v) is 4.56. The monoisotopic (exact) mass is 419 g/mol. The third kappa shape index (κ3) is 3.87. The van der Waals surface area contributed by atoms with Crippen molar-refractivity contribution in [2.24, 2.45) is 5.92 Å². The molecule has 3 aromatic rings. The zero-order valence-electron chi connectivity index (χ0n) is 16.9. The first-order valence-corrected chi connectivity index (χ1v) is 11.0. The van der Waals surface area contributed by atoms with E-state index in [2.05, 4.69) is 14.5 Å². The first-order valence-electron chi connectivity index (χ1n) is 10.6. The maximum Gasteiger partial charge on any atom is 0.199 e. The standard InChI is InChI=1S/C23H25N5OS/c29-21(17-5-2-1-3-6-17)18-10-13-26(14-11-18)16-27-23(30)28(20-8-9-20)22(25-27)19-7-4-12-24-15-19/h1-7,12,15,18,20H,8-11,13-14,16H2. The molecule has 0 unspecified atom stereocenters. The molecule has 2 fully saturated rings. The molecule has 0 amide bonds. The second kappa shape index (κ2) is 8.24. The maximum atomic E-state index is 12.7. The molecule has 2 aromatic heterocycles. The molecule has 0 bridgehead atoms. The highest BCUT2D eigenvalue weighted by Gasteiger charge is 2.30. The summed E-state index contributed by atoms with van der Waals surface area (Å²) in [4.78, 5) is 19.3. The predicted octanol–water partition coefficient (Wildman–Crippen LogP) is 4.36. The van der Waals surface area contributed by atoms with Crippen molar-refractivity contribution in [3.63, 3.8) is 0 Å². The topological polar surface area (TPSA) is 56.0 Å². The van der Waals surface area contributed by atoms with Gasteiger partial charge < -0.3 is 0 Å². The molecule has 0 spiro atoms. The number of ketones is 1. The zero-order valence-corrected chi connectivity index (χ0v) is 17.7. The fourth-order valence-electron chi connectivity index (χ4n) is 4.23. The lowest BCUT2D eigenvalue weighted by Gasteiger charge is -2.30. The Morgan fingerprint density at radius 2 is 1.80 bits per heavy atom. The summed E-state index contributed by atoms with van der Waals surface area (Å²) in [6.07, 6.45) is 7.68.